The third-order valence-electron chi connectivity index (χ3n) is 5.04. The smallest absolute Gasteiger partial charge is 0.331 e. The highest BCUT2D eigenvalue weighted by molar-refractivity contribution is 5.76. The van der Waals surface area contributed by atoms with Gasteiger partial charge in [-0.15, -0.1) is 0 Å². The van der Waals surface area contributed by atoms with Crippen molar-refractivity contribution in [2.24, 2.45) is 0 Å². The Kier molecular flexibility index (Phi) is 5.04. The van der Waals surface area contributed by atoms with Crippen molar-refractivity contribution in [3.05, 3.63) is 32.6 Å². The first kappa shape index (κ1) is 17.4. The molecule has 2 atom stereocenters. The monoisotopic (exact) mass is 346 g/mol. The summed E-state index contributed by atoms with van der Waals surface area (Å²) in [6, 6.07) is 1.81. The van der Waals surface area contributed by atoms with E-state index >= 15 is 0 Å². The number of carbonyl (C=O) groups excluding carboxylic acids is 1. The van der Waals surface area contributed by atoms with Gasteiger partial charge in [0.25, 0.3) is 5.56 Å². The van der Waals surface area contributed by atoms with Crippen LogP contribution in [-0.4, -0.2) is 45.2 Å². The van der Waals surface area contributed by atoms with Crippen LogP contribution < -0.4 is 11.2 Å². The minimum absolute atomic E-state index is 0.0123. The molecule has 3 rings (SSSR count). The van der Waals surface area contributed by atoms with E-state index in [-0.39, 0.29) is 30.2 Å². The molecular formula is C17H22N4O4. The quantitative estimate of drug-likeness (QED) is 0.771. The Balaban J connectivity index is 1.89. The molecule has 2 aliphatic rings. The van der Waals surface area contributed by atoms with Gasteiger partial charge in [0.05, 0.1) is 18.8 Å². The normalized spacial score (nSPS) is 23.0. The van der Waals surface area contributed by atoms with Crippen molar-refractivity contribution in [1.82, 2.24) is 14.0 Å². The molecule has 0 radical (unpaired) electrons. The van der Waals surface area contributed by atoms with Crippen LogP contribution in [0, 0.1) is 11.3 Å². The van der Waals surface area contributed by atoms with Gasteiger partial charge in [-0.1, -0.05) is 12.8 Å². The van der Waals surface area contributed by atoms with E-state index in [1.54, 1.807) is 17.9 Å². The first-order chi connectivity index (χ1) is 12.1. The maximum atomic E-state index is 12.8. The number of aryl methyl sites for hydroxylation is 1. The summed E-state index contributed by atoms with van der Waals surface area (Å²) in [6.07, 6.45) is 5.23. The molecule has 8 heteroatoms. The predicted octanol–water partition coefficient (Wildman–Crippen LogP) is 0.0716. The zero-order valence-electron chi connectivity index (χ0n) is 14.3. The number of hydrogen-bond donors (Lipinski definition) is 0. The van der Waals surface area contributed by atoms with Gasteiger partial charge < -0.3 is 9.64 Å². The summed E-state index contributed by atoms with van der Waals surface area (Å²) in [4.78, 5) is 39.3. The van der Waals surface area contributed by atoms with E-state index in [1.807, 2.05) is 0 Å². The minimum Gasteiger partial charge on any atom is -0.374 e. The van der Waals surface area contributed by atoms with Gasteiger partial charge in [0.15, 0.2) is 0 Å². The lowest BCUT2D eigenvalue weighted by atomic mass is 9.90. The van der Waals surface area contributed by atoms with E-state index in [0.29, 0.717) is 19.7 Å². The van der Waals surface area contributed by atoms with Crippen molar-refractivity contribution in [1.29, 1.82) is 5.26 Å². The van der Waals surface area contributed by atoms with Crippen molar-refractivity contribution >= 4 is 5.91 Å². The molecule has 2 heterocycles. The fourth-order valence-corrected chi connectivity index (χ4v) is 3.73. The first-order valence-electron chi connectivity index (χ1n) is 8.72. The van der Waals surface area contributed by atoms with Crippen molar-refractivity contribution < 1.29 is 9.53 Å². The van der Waals surface area contributed by atoms with Gasteiger partial charge in [-0.3, -0.25) is 14.2 Å². The van der Waals surface area contributed by atoms with E-state index < -0.39 is 11.2 Å². The number of fused-ring (bicyclic) bond motifs is 1. The minimum atomic E-state index is -0.709. The van der Waals surface area contributed by atoms with Gasteiger partial charge >= 0.3 is 5.69 Å². The first-order valence-corrected chi connectivity index (χ1v) is 8.72. The van der Waals surface area contributed by atoms with Gasteiger partial charge in [-0.2, -0.15) is 5.26 Å². The molecule has 0 N–H and O–H groups in total. The average molecular weight is 346 g/mol. The Bertz CT molecular complexity index is 817. The highest BCUT2D eigenvalue weighted by Gasteiger charge is 2.36. The molecule has 1 aliphatic carbocycles. The van der Waals surface area contributed by atoms with Crippen LogP contribution in [0.2, 0.25) is 0 Å². The average Bonchev–Trinajstić information content (AvgIpc) is 2.64. The molecule has 8 nitrogen and oxygen atoms in total. The Labute approximate surface area is 145 Å². The number of nitriles is 1. The van der Waals surface area contributed by atoms with Crippen molar-refractivity contribution in [2.45, 2.75) is 57.8 Å². The van der Waals surface area contributed by atoms with Gasteiger partial charge in [-0.05, 0) is 19.8 Å². The SMILES string of the molecule is CCn1cc(C#N)c(=O)n(CC(=O)N2CCO[C@@H]3CCCC[C@H]32)c1=O. The van der Waals surface area contributed by atoms with E-state index in [0.717, 1.165) is 30.3 Å². The number of amides is 1. The predicted molar refractivity (Wildman–Crippen MR) is 89.1 cm³/mol. The molecule has 1 aliphatic heterocycles. The number of ether oxygens (including phenoxy) is 1. The Morgan fingerprint density at radius 1 is 1.36 bits per heavy atom. The largest absolute Gasteiger partial charge is 0.374 e. The van der Waals surface area contributed by atoms with E-state index in [2.05, 4.69) is 0 Å². The second-order valence-electron chi connectivity index (χ2n) is 6.46. The molecule has 0 bridgehead atoms. The third kappa shape index (κ3) is 3.24. The van der Waals surface area contributed by atoms with Gasteiger partial charge in [0, 0.05) is 19.3 Å². The maximum absolute atomic E-state index is 12.8. The summed E-state index contributed by atoms with van der Waals surface area (Å²) in [5.41, 5.74) is -1.40. The topological polar surface area (TPSA) is 97.3 Å². The van der Waals surface area contributed by atoms with Crippen LogP contribution in [0.3, 0.4) is 0 Å². The van der Waals surface area contributed by atoms with Crippen molar-refractivity contribution in [3.8, 4) is 6.07 Å². The van der Waals surface area contributed by atoms with E-state index in [4.69, 9.17) is 10.00 Å². The molecule has 25 heavy (non-hydrogen) atoms. The molecule has 1 saturated carbocycles. The summed E-state index contributed by atoms with van der Waals surface area (Å²) in [6.45, 7) is 2.67. The maximum Gasteiger partial charge on any atom is 0.331 e. The molecule has 1 aromatic heterocycles. The second kappa shape index (κ2) is 7.23. The Hall–Kier alpha value is -2.40. The zero-order valence-corrected chi connectivity index (χ0v) is 14.3. The molecule has 1 saturated heterocycles. The fraction of sp³-hybridized carbons (Fsp3) is 0.647. The summed E-state index contributed by atoms with van der Waals surface area (Å²) < 4.78 is 7.91. The van der Waals surface area contributed by atoms with Crippen molar-refractivity contribution in [2.75, 3.05) is 13.2 Å². The van der Waals surface area contributed by atoms with Gasteiger partial charge in [0.1, 0.15) is 18.2 Å². The van der Waals surface area contributed by atoms with Crippen LogP contribution in [0.15, 0.2) is 15.8 Å². The number of hydrogen-bond acceptors (Lipinski definition) is 5. The number of carbonyl (C=O) groups is 1. The fourth-order valence-electron chi connectivity index (χ4n) is 3.73. The van der Waals surface area contributed by atoms with E-state index in [9.17, 15) is 14.4 Å². The van der Waals surface area contributed by atoms with Gasteiger partial charge in [0.2, 0.25) is 5.91 Å². The molecule has 2 fully saturated rings. The molecule has 0 aromatic carbocycles. The highest BCUT2D eigenvalue weighted by Crippen LogP contribution is 2.28. The molecule has 134 valence electrons. The number of rotatable bonds is 3. The van der Waals surface area contributed by atoms with Crippen molar-refractivity contribution in [3.63, 3.8) is 0 Å². The van der Waals surface area contributed by atoms with Crippen LogP contribution in [0.5, 0.6) is 0 Å². The molecule has 0 unspecified atom stereocenters. The molecule has 1 amide bonds. The third-order valence-corrected chi connectivity index (χ3v) is 5.04. The lowest BCUT2D eigenvalue weighted by Crippen LogP contribution is -2.56. The summed E-state index contributed by atoms with van der Waals surface area (Å²) in [5, 5.41) is 9.10. The van der Waals surface area contributed by atoms with Crippen LogP contribution in [0.25, 0.3) is 0 Å². The number of nitrogens with zero attached hydrogens (tertiary/aromatic N) is 4. The van der Waals surface area contributed by atoms with Crippen LogP contribution in [-0.2, 0) is 22.6 Å². The Morgan fingerprint density at radius 3 is 2.84 bits per heavy atom. The van der Waals surface area contributed by atoms with E-state index in [1.165, 1.54) is 10.8 Å². The molecule has 1 aromatic rings. The summed E-state index contributed by atoms with van der Waals surface area (Å²) >= 11 is 0. The number of aromatic nitrogens is 2. The lowest BCUT2D eigenvalue weighted by molar-refractivity contribution is -0.150. The van der Waals surface area contributed by atoms with Crippen LogP contribution in [0.4, 0.5) is 0 Å². The standard InChI is InChI=1S/C17H22N4O4/c1-2-19-10-12(9-18)16(23)21(17(19)24)11-15(22)20-7-8-25-14-6-4-3-5-13(14)20/h10,13-14H,2-8,11H2,1H3/t13-,14-/m1/s1. The number of morpholine rings is 1. The Morgan fingerprint density at radius 2 is 2.12 bits per heavy atom. The lowest BCUT2D eigenvalue weighted by Gasteiger charge is -2.43. The molecular weight excluding hydrogens is 324 g/mol. The molecule has 0 spiro atoms. The summed E-state index contributed by atoms with van der Waals surface area (Å²) in [7, 11) is 0. The highest BCUT2D eigenvalue weighted by atomic mass is 16.5. The van der Waals surface area contributed by atoms with Crippen LogP contribution in [0.1, 0.15) is 38.2 Å². The zero-order chi connectivity index (χ0) is 18.0. The van der Waals surface area contributed by atoms with Crippen LogP contribution >= 0.6 is 0 Å². The summed E-state index contributed by atoms with van der Waals surface area (Å²) in [5.74, 6) is -0.267. The van der Waals surface area contributed by atoms with Gasteiger partial charge in [-0.25, -0.2) is 9.36 Å². The second-order valence-corrected chi connectivity index (χ2v) is 6.46.